The second-order valence-electron chi connectivity index (χ2n) is 7.59. The van der Waals surface area contributed by atoms with Gasteiger partial charge in [0.15, 0.2) is 0 Å². The van der Waals surface area contributed by atoms with E-state index in [4.69, 9.17) is 14.5 Å². The third kappa shape index (κ3) is 3.95. The Hall–Kier alpha value is -0.610. The quantitative estimate of drug-likeness (QED) is 0.546. The van der Waals surface area contributed by atoms with E-state index in [2.05, 4.69) is 27.7 Å². The molecule has 4 nitrogen and oxygen atoms in total. The summed E-state index contributed by atoms with van der Waals surface area (Å²) >= 11 is 0. The highest BCUT2D eigenvalue weighted by atomic mass is 17.3. The van der Waals surface area contributed by atoms with E-state index in [1.54, 1.807) is 0 Å². The van der Waals surface area contributed by atoms with E-state index in [9.17, 15) is 4.79 Å². The van der Waals surface area contributed by atoms with Gasteiger partial charge in [0, 0.05) is 0 Å². The van der Waals surface area contributed by atoms with Gasteiger partial charge in [-0.05, 0) is 38.5 Å². The molecule has 0 radical (unpaired) electrons. The van der Waals surface area contributed by atoms with Crippen LogP contribution in [0.5, 0.6) is 0 Å². The van der Waals surface area contributed by atoms with Gasteiger partial charge in [-0.25, -0.2) is 14.6 Å². The van der Waals surface area contributed by atoms with E-state index in [0.29, 0.717) is 6.42 Å². The van der Waals surface area contributed by atoms with Gasteiger partial charge in [-0.1, -0.05) is 41.0 Å². The summed E-state index contributed by atoms with van der Waals surface area (Å²) in [6, 6.07) is 0. The molecule has 0 bridgehead atoms. The summed E-state index contributed by atoms with van der Waals surface area (Å²) in [6.07, 6.45) is 2.94. The van der Waals surface area contributed by atoms with Crippen LogP contribution in [0.25, 0.3) is 0 Å². The maximum Gasteiger partial charge on any atom is 0.345 e. The number of hydrogen-bond acceptors (Lipinski definition) is 4. The topological polar surface area (TPSA) is 44.8 Å². The fraction of sp³-hybridized carbons (Fsp3) is 0.938. The zero-order valence-corrected chi connectivity index (χ0v) is 14.0. The van der Waals surface area contributed by atoms with Gasteiger partial charge in [-0.2, -0.15) is 0 Å². The van der Waals surface area contributed by atoms with Crippen LogP contribution in [0.1, 0.15) is 74.1 Å². The average molecular weight is 286 g/mol. The second-order valence-corrected chi connectivity index (χ2v) is 7.59. The monoisotopic (exact) mass is 286 g/mol. The number of rotatable bonds is 6. The van der Waals surface area contributed by atoms with Crippen molar-refractivity contribution < 1.29 is 19.3 Å². The molecule has 1 aliphatic rings. The first-order valence-electron chi connectivity index (χ1n) is 7.64. The van der Waals surface area contributed by atoms with Crippen LogP contribution in [0.3, 0.4) is 0 Å². The first-order chi connectivity index (χ1) is 9.06. The van der Waals surface area contributed by atoms with Gasteiger partial charge >= 0.3 is 5.97 Å². The van der Waals surface area contributed by atoms with Gasteiger partial charge in [0.1, 0.15) is 11.7 Å². The van der Waals surface area contributed by atoms with E-state index in [1.807, 2.05) is 20.8 Å². The van der Waals surface area contributed by atoms with Crippen LogP contribution in [0.15, 0.2) is 0 Å². The minimum atomic E-state index is -0.912. The van der Waals surface area contributed by atoms with Crippen LogP contribution in [0, 0.1) is 5.41 Å². The van der Waals surface area contributed by atoms with Crippen molar-refractivity contribution in [1.29, 1.82) is 0 Å². The Balaban J connectivity index is 2.73. The molecule has 0 amide bonds. The predicted octanol–water partition coefficient (Wildman–Crippen LogP) is 4.02. The summed E-state index contributed by atoms with van der Waals surface area (Å²) in [7, 11) is 0. The van der Waals surface area contributed by atoms with Crippen molar-refractivity contribution >= 4 is 5.97 Å². The summed E-state index contributed by atoms with van der Waals surface area (Å²) in [4.78, 5) is 22.8. The molecule has 1 rings (SSSR count). The summed E-state index contributed by atoms with van der Waals surface area (Å²) in [6.45, 7) is 14.3. The Bertz CT molecular complexity index is 339. The van der Waals surface area contributed by atoms with Gasteiger partial charge < -0.3 is 4.74 Å². The zero-order valence-electron chi connectivity index (χ0n) is 14.0. The summed E-state index contributed by atoms with van der Waals surface area (Å²) < 4.78 is 5.74. The maximum absolute atomic E-state index is 12.5. The normalized spacial score (nSPS) is 27.1. The van der Waals surface area contributed by atoms with Crippen LogP contribution < -0.4 is 0 Å². The van der Waals surface area contributed by atoms with Crippen LogP contribution >= 0.6 is 0 Å². The second kappa shape index (κ2) is 6.02. The molecular formula is C16H30O4. The smallest absolute Gasteiger partial charge is 0.345 e. The molecule has 1 fully saturated rings. The minimum absolute atomic E-state index is 0.100. The van der Waals surface area contributed by atoms with Crippen LogP contribution in [0.2, 0.25) is 0 Å². The van der Waals surface area contributed by atoms with E-state index in [1.165, 1.54) is 0 Å². The van der Waals surface area contributed by atoms with Crippen molar-refractivity contribution in [1.82, 2.24) is 0 Å². The third-order valence-electron chi connectivity index (χ3n) is 3.58. The number of ether oxygens (including phenoxy) is 1. The van der Waals surface area contributed by atoms with Gasteiger partial charge in [-0.3, -0.25) is 0 Å². The Labute approximate surface area is 123 Å². The molecule has 0 N–H and O–H groups in total. The van der Waals surface area contributed by atoms with Gasteiger partial charge in [0.05, 0.1) is 0 Å². The van der Waals surface area contributed by atoms with E-state index >= 15 is 0 Å². The lowest BCUT2D eigenvalue weighted by Gasteiger charge is -2.45. The van der Waals surface area contributed by atoms with Crippen LogP contribution in [0.4, 0.5) is 0 Å². The van der Waals surface area contributed by atoms with E-state index < -0.39 is 11.2 Å². The molecule has 118 valence electrons. The molecule has 1 aliphatic heterocycles. The fourth-order valence-corrected chi connectivity index (χ4v) is 3.02. The standard InChI is InChI=1S/C16H30O4/c1-8-10-12-16(9-2,20-19-12)13(17)18-15(6,7)11-14(3,4)5/h12H,8-11H2,1-7H3/t12-,16-/m0/s1. The van der Waals surface area contributed by atoms with Gasteiger partial charge in [0.2, 0.25) is 5.60 Å². The molecule has 0 aromatic carbocycles. The molecule has 0 aromatic heterocycles. The zero-order chi connectivity index (χ0) is 15.6. The Morgan fingerprint density at radius 2 is 1.80 bits per heavy atom. The van der Waals surface area contributed by atoms with Gasteiger partial charge in [-0.15, -0.1) is 0 Å². The van der Waals surface area contributed by atoms with Crippen molar-refractivity contribution in [2.45, 2.75) is 91.5 Å². The number of hydrogen-bond donors (Lipinski definition) is 0. The number of carbonyl (C=O) groups is 1. The third-order valence-corrected chi connectivity index (χ3v) is 3.58. The fourth-order valence-electron chi connectivity index (χ4n) is 3.02. The molecule has 2 atom stereocenters. The SMILES string of the molecule is CCC[C@@H]1OO[C@]1(CC)C(=O)OC(C)(C)CC(C)(C)C. The Morgan fingerprint density at radius 3 is 2.15 bits per heavy atom. The van der Waals surface area contributed by atoms with Crippen molar-refractivity contribution in [3.05, 3.63) is 0 Å². The van der Waals surface area contributed by atoms with Crippen LogP contribution in [-0.2, 0) is 19.3 Å². The molecule has 1 heterocycles. The molecule has 0 saturated carbocycles. The molecule has 0 unspecified atom stereocenters. The molecule has 0 aromatic rings. The highest BCUT2D eigenvalue weighted by Gasteiger charge is 2.58. The first-order valence-corrected chi connectivity index (χ1v) is 7.64. The first kappa shape index (κ1) is 17.4. The molecule has 20 heavy (non-hydrogen) atoms. The maximum atomic E-state index is 12.5. The molecule has 1 saturated heterocycles. The van der Waals surface area contributed by atoms with Crippen molar-refractivity contribution in [3.63, 3.8) is 0 Å². The predicted molar refractivity (Wildman–Crippen MR) is 78.1 cm³/mol. The van der Waals surface area contributed by atoms with Crippen molar-refractivity contribution in [2.24, 2.45) is 5.41 Å². The number of carbonyl (C=O) groups excluding carboxylic acids is 1. The summed E-state index contributed by atoms with van der Waals surface area (Å²) in [5, 5.41) is 0. The molecular weight excluding hydrogens is 256 g/mol. The highest BCUT2D eigenvalue weighted by Crippen LogP contribution is 2.39. The number of esters is 1. The lowest BCUT2D eigenvalue weighted by molar-refractivity contribution is -0.499. The molecule has 0 aliphatic carbocycles. The molecule has 4 heteroatoms. The van der Waals surface area contributed by atoms with Gasteiger partial charge in [0.25, 0.3) is 0 Å². The Morgan fingerprint density at radius 1 is 1.20 bits per heavy atom. The van der Waals surface area contributed by atoms with Crippen molar-refractivity contribution in [3.8, 4) is 0 Å². The average Bonchev–Trinajstić information content (AvgIpc) is 2.21. The minimum Gasteiger partial charge on any atom is -0.457 e. The summed E-state index contributed by atoms with van der Waals surface area (Å²) in [5.74, 6) is -0.293. The Kier molecular flexibility index (Phi) is 5.25. The lowest BCUT2D eigenvalue weighted by atomic mass is 9.83. The summed E-state index contributed by atoms with van der Waals surface area (Å²) in [5.41, 5.74) is -1.32. The van der Waals surface area contributed by atoms with E-state index in [-0.39, 0.29) is 17.5 Å². The largest absolute Gasteiger partial charge is 0.457 e. The van der Waals surface area contributed by atoms with E-state index in [0.717, 1.165) is 19.3 Å². The highest BCUT2D eigenvalue weighted by molar-refractivity contribution is 5.81. The van der Waals surface area contributed by atoms with Crippen LogP contribution in [-0.4, -0.2) is 23.3 Å². The lowest BCUT2D eigenvalue weighted by Crippen LogP contribution is -2.62. The van der Waals surface area contributed by atoms with Crippen molar-refractivity contribution in [2.75, 3.05) is 0 Å². The molecule has 0 spiro atoms.